The molecule has 2 aliphatic rings. The average molecular weight is 459 g/mol. The minimum atomic E-state index is -0.0375. The number of hydrogen-bond acceptors (Lipinski definition) is 3. The molecule has 2 atom stereocenters. The molecule has 1 aliphatic heterocycles. The van der Waals surface area contributed by atoms with Gasteiger partial charge in [-0.3, -0.25) is 0 Å². The molecule has 3 rings (SSSR count). The molecule has 1 saturated heterocycles. The van der Waals surface area contributed by atoms with Crippen LogP contribution >= 0.6 is 48.8 Å². The van der Waals surface area contributed by atoms with E-state index in [1.807, 2.05) is 12.1 Å². The summed E-state index contributed by atoms with van der Waals surface area (Å²) in [7, 11) is 2.09. The predicted molar refractivity (Wildman–Crippen MR) is 124 cm³/mol. The standard InChI is InChI=1S/C20H32ClN3.3ClH/c1-22-20(17-9-2-3-10-18(17)21)12-5-4-11-19(20)23-13-8-16-24-14-6-7-15-24;;;/h2-3,9-10,19,22-23H,4-8,11-16H2,1H3;3*1H/t19-,20-;;;/m1.../s1. The molecule has 2 fully saturated rings. The van der Waals surface area contributed by atoms with Crippen LogP contribution < -0.4 is 10.6 Å². The number of halogens is 4. The SMILES string of the molecule is CN[C@@]1(c2ccccc2Cl)CCCC[C@H]1NCCCN1CCCC1.Cl.Cl.Cl. The Morgan fingerprint density at radius 2 is 1.78 bits per heavy atom. The summed E-state index contributed by atoms with van der Waals surface area (Å²) < 4.78 is 0. The van der Waals surface area contributed by atoms with E-state index in [0.29, 0.717) is 6.04 Å². The maximum atomic E-state index is 6.56. The summed E-state index contributed by atoms with van der Waals surface area (Å²) in [5, 5.41) is 8.40. The van der Waals surface area contributed by atoms with Gasteiger partial charge >= 0.3 is 0 Å². The highest BCUT2D eigenvalue weighted by atomic mass is 35.5. The molecule has 2 N–H and O–H groups in total. The van der Waals surface area contributed by atoms with Crippen molar-refractivity contribution in [2.24, 2.45) is 0 Å². The van der Waals surface area contributed by atoms with Crippen molar-refractivity contribution in [2.45, 2.75) is 56.5 Å². The van der Waals surface area contributed by atoms with Gasteiger partial charge in [0.05, 0.1) is 5.54 Å². The van der Waals surface area contributed by atoms with Crippen LogP contribution in [0.15, 0.2) is 24.3 Å². The van der Waals surface area contributed by atoms with Crippen LogP contribution in [0, 0.1) is 0 Å². The molecular formula is C20H35Cl4N3. The number of nitrogens with zero attached hydrogens (tertiary/aromatic N) is 1. The number of nitrogens with one attached hydrogen (secondary N) is 2. The molecule has 1 aromatic carbocycles. The molecule has 1 aromatic rings. The second kappa shape index (κ2) is 13.5. The Morgan fingerprint density at radius 3 is 2.44 bits per heavy atom. The number of rotatable bonds is 7. The summed E-state index contributed by atoms with van der Waals surface area (Å²) in [5.41, 5.74) is 1.22. The number of hydrogen-bond donors (Lipinski definition) is 2. The maximum absolute atomic E-state index is 6.56. The van der Waals surface area contributed by atoms with Gasteiger partial charge in [-0.1, -0.05) is 42.6 Å². The Morgan fingerprint density at radius 1 is 1.07 bits per heavy atom. The highest BCUT2D eigenvalue weighted by Crippen LogP contribution is 2.40. The molecule has 1 heterocycles. The fourth-order valence-corrected chi connectivity index (χ4v) is 4.92. The molecule has 158 valence electrons. The second-order valence-corrected chi connectivity index (χ2v) is 7.76. The Kier molecular flexibility index (Phi) is 13.6. The lowest BCUT2D eigenvalue weighted by Gasteiger charge is -2.45. The van der Waals surface area contributed by atoms with Gasteiger partial charge in [0, 0.05) is 11.1 Å². The molecule has 1 saturated carbocycles. The lowest BCUT2D eigenvalue weighted by atomic mass is 9.72. The van der Waals surface area contributed by atoms with Crippen LogP contribution in [0.25, 0.3) is 0 Å². The van der Waals surface area contributed by atoms with Crippen molar-refractivity contribution < 1.29 is 0 Å². The summed E-state index contributed by atoms with van der Waals surface area (Å²) in [6, 6.07) is 8.81. The number of likely N-dealkylation sites (N-methyl/N-ethyl adjacent to an activating group) is 1. The van der Waals surface area contributed by atoms with E-state index in [1.165, 1.54) is 63.7 Å². The largest absolute Gasteiger partial charge is 0.312 e. The van der Waals surface area contributed by atoms with Crippen molar-refractivity contribution in [2.75, 3.05) is 33.2 Å². The first-order valence-corrected chi connectivity index (χ1v) is 10.0. The lowest BCUT2D eigenvalue weighted by Crippen LogP contribution is -2.58. The lowest BCUT2D eigenvalue weighted by molar-refractivity contribution is 0.176. The zero-order valence-electron chi connectivity index (χ0n) is 16.2. The van der Waals surface area contributed by atoms with Gasteiger partial charge in [0.1, 0.15) is 0 Å². The molecule has 0 amide bonds. The van der Waals surface area contributed by atoms with Crippen molar-refractivity contribution in [3.63, 3.8) is 0 Å². The van der Waals surface area contributed by atoms with Crippen molar-refractivity contribution in [3.05, 3.63) is 34.9 Å². The molecule has 0 radical (unpaired) electrons. The molecule has 1 aliphatic carbocycles. The van der Waals surface area contributed by atoms with Gasteiger partial charge in [0.15, 0.2) is 0 Å². The van der Waals surface area contributed by atoms with Gasteiger partial charge in [0.2, 0.25) is 0 Å². The smallest absolute Gasteiger partial charge is 0.0602 e. The summed E-state index contributed by atoms with van der Waals surface area (Å²) in [5.74, 6) is 0. The molecule has 0 aromatic heterocycles. The van der Waals surface area contributed by atoms with Gasteiger partial charge in [0.25, 0.3) is 0 Å². The van der Waals surface area contributed by atoms with Crippen molar-refractivity contribution in [3.8, 4) is 0 Å². The first-order valence-electron chi connectivity index (χ1n) is 9.66. The molecule has 7 heteroatoms. The molecule has 0 spiro atoms. The van der Waals surface area contributed by atoms with Crippen LogP contribution in [0.2, 0.25) is 5.02 Å². The quantitative estimate of drug-likeness (QED) is 0.560. The van der Waals surface area contributed by atoms with Crippen LogP contribution in [0.5, 0.6) is 0 Å². The van der Waals surface area contributed by atoms with Gasteiger partial charge in [-0.05, 0) is 77.0 Å². The van der Waals surface area contributed by atoms with E-state index in [1.54, 1.807) is 0 Å². The van der Waals surface area contributed by atoms with Gasteiger partial charge in [-0.25, -0.2) is 0 Å². The van der Waals surface area contributed by atoms with Crippen molar-refractivity contribution in [1.82, 2.24) is 15.5 Å². The Balaban J connectivity index is 0.00000225. The van der Waals surface area contributed by atoms with E-state index in [-0.39, 0.29) is 42.8 Å². The molecular weight excluding hydrogens is 424 g/mol. The first-order chi connectivity index (χ1) is 11.8. The first kappa shape index (κ1) is 27.3. The fourth-order valence-electron chi connectivity index (χ4n) is 4.61. The Labute approximate surface area is 188 Å². The third kappa shape index (κ3) is 6.64. The number of benzene rings is 1. The van der Waals surface area contributed by atoms with Crippen molar-refractivity contribution in [1.29, 1.82) is 0 Å². The molecule has 27 heavy (non-hydrogen) atoms. The monoisotopic (exact) mass is 457 g/mol. The Hall–Kier alpha value is 0.260. The second-order valence-electron chi connectivity index (χ2n) is 7.36. The van der Waals surface area contributed by atoms with Gasteiger partial charge < -0.3 is 15.5 Å². The van der Waals surface area contributed by atoms with Gasteiger partial charge in [-0.15, -0.1) is 37.2 Å². The van der Waals surface area contributed by atoms with Crippen LogP contribution in [-0.2, 0) is 5.54 Å². The molecule has 0 bridgehead atoms. The third-order valence-corrected chi connectivity index (χ3v) is 6.28. The maximum Gasteiger partial charge on any atom is 0.0602 e. The third-order valence-electron chi connectivity index (χ3n) is 5.95. The van der Waals surface area contributed by atoms with Gasteiger partial charge in [-0.2, -0.15) is 0 Å². The van der Waals surface area contributed by atoms with E-state index in [4.69, 9.17) is 11.6 Å². The summed E-state index contributed by atoms with van der Waals surface area (Å²) >= 11 is 6.56. The summed E-state index contributed by atoms with van der Waals surface area (Å²) in [6.45, 7) is 4.92. The van der Waals surface area contributed by atoms with E-state index in [2.05, 4.69) is 34.7 Å². The molecule has 0 unspecified atom stereocenters. The zero-order valence-corrected chi connectivity index (χ0v) is 19.4. The summed E-state index contributed by atoms with van der Waals surface area (Å²) in [6.07, 6.45) is 8.93. The van der Waals surface area contributed by atoms with E-state index in [9.17, 15) is 0 Å². The predicted octanol–water partition coefficient (Wildman–Crippen LogP) is 5.04. The normalized spacial score (nSPS) is 25.2. The van der Waals surface area contributed by atoms with E-state index >= 15 is 0 Å². The minimum absolute atomic E-state index is 0. The topological polar surface area (TPSA) is 27.3 Å². The van der Waals surface area contributed by atoms with Crippen LogP contribution in [0.4, 0.5) is 0 Å². The highest BCUT2D eigenvalue weighted by molar-refractivity contribution is 6.31. The zero-order chi connectivity index (χ0) is 16.8. The van der Waals surface area contributed by atoms with E-state index < -0.39 is 0 Å². The summed E-state index contributed by atoms with van der Waals surface area (Å²) in [4.78, 5) is 2.60. The molecule has 3 nitrogen and oxygen atoms in total. The fraction of sp³-hybridized carbons (Fsp3) is 0.700. The highest BCUT2D eigenvalue weighted by Gasteiger charge is 2.41. The van der Waals surface area contributed by atoms with Crippen LogP contribution in [0.1, 0.15) is 50.5 Å². The number of likely N-dealkylation sites (tertiary alicyclic amines) is 1. The van der Waals surface area contributed by atoms with Crippen LogP contribution in [0.3, 0.4) is 0 Å². The Bertz CT molecular complexity index is 526. The van der Waals surface area contributed by atoms with E-state index in [0.717, 1.165) is 18.0 Å². The van der Waals surface area contributed by atoms with Crippen molar-refractivity contribution >= 4 is 48.8 Å². The van der Waals surface area contributed by atoms with Crippen LogP contribution in [-0.4, -0.2) is 44.2 Å². The minimum Gasteiger partial charge on any atom is -0.312 e. The average Bonchev–Trinajstić information content (AvgIpc) is 3.13.